The van der Waals surface area contributed by atoms with E-state index >= 15 is 0 Å². The monoisotopic (exact) mass is 1350 g/mol. The maximum Gasteiger partial charge on any atom is 0.472 e. The minimum atomic E-state index is -4.95. The summed E-state index contributed by atoms with van der Waals surface area (Å²) in [4.78, 5) is 72.6. The van der Waals surface area contributed by atoms with Crippen molar-refractivity contribution in [3.8, 4) is 0 Å². The first kappa shape index (κ1) is 90.1. The first-order chi connectivity index (χ1) is 44.3. The Morgan fingerprint density at radius 3 is 0.826 bits per heavy atom. The van der Waals surface area contributed by atoms with Gasteiger partial charge < -0.3 is 33.8 Å². The number of phosphoric acid groups is 2. The third kappa shape index (κ3) is 65.4. The minimum absolute atomic E-state index is 0.103. The molecule has 0 aromatic carbocycles. The average Bonchev–Trinajstić information content (AvgIpc) is 2.44. The van der Waals surface area contributed by atoms with Gasteiger partial charge in [0.15, 0.2) is 12.2 Å². The Morgan fingerprint density at radius 2 is 0.554 bits per heavy atom. The molecule has 0 aromatic rings. The van der Waals surface area contributed by atoms with Crippen molar-refractivity contribution in [1.82, 2.24) is 0 Å². The van der Waals surface area contributed by atoms with E-state index in [1.165, 1.54) is 173 Å². The number of ether oxygens (including phenoxy) is 4. The molecule has 546 valence electrons. The quantitative estimate of drug-likeness (QED) is 0.0222. The van der Waals surface area contributed by atoms with Gasteiger partial charge in [-0.2, -0.15) is 0 Å². The lowest BCUT2D eigenvalue weighted by Gasteiger charge is -2.21. The van der Waals surface area contributed by atoms with Gasteiger partial charge >= 0.3 is 39.5 Å². The third-order valence-corrected chi connectivity index (χ3v) is 19.1. The van der Waals surface area contributed by atoms with Crippen LogP contribution in [0.4, 0.5) is 0 Å². The van der Waals surface area contributed by atoms with Crippen LogP contribution in [0, 0.1) is 17.8 Å². The number of aliphatic hydroxyl groups is 1. The second-order valence-corrected chi connectivity index (χ2v) is 30.4. The summed E-state index contributed by atoms with van der Waals surface area (Å²) in [6.45, 7) is 11.8. The first-order valence-corrected chi connectivity index (χ1v) is 40.9. The molecule has 3 unspecified atom stereocenters. The Bertz CT molecular complexity index is 1800. The van der Waals surface area contributed by atoms with Gasteiger partial charge in [-0.1, -0.05) is 318 Å². The molecule has 0 amide bonds. The highest BCUT2D eigenvalue weighted by Gasteiger charge is 2.30. The number of unbranched alkanes of at least 4 members (excludes halogenated alkanes) is 38. The molecule has 0 aliphatic heterocycles. The number of esters is 4. The van der Waals surface area contributed by atoms with E-state index in [0.29, 0.717) is 25.7 Å². The largest absolute Gasteiger partial charge is 0.472 e. The maximum absolute atomic E-state index is 13.1. The predicted octanol–water partition coefficient (Wildman–Crippen LogP) is 21.0. The van der Waals surface area contributed by atoms with Crippen molar-refractivity contribution in [3.63, 3.8) is 0 Å². The molecule has 0 radical (unpaired) electrons. The van der Waals surface area contributed by atoms with Crippen LogP contribution in [0.15, 0.2) is 0 Å². The van der Waals surface area contributed by atoms with Crippen LogP contribution in [0.1, 0.15) is 370 Å². The zero-order chi connectivity index (χ0) is 68.0. The fourth-order valence-electron chi connectivity index (χ4n) is 11.0. The third-order valence-electron chi connectivity index (χ3n) is 17.2. The molecule has 0 fully saturated rings. The molecule has 0 saturated heterocycles. The van der Waals surface area contributed by atoms with Crippen LogP contribution in [-0.4, -0.2) is 96.7 Å². The van der Waals surface area contributed by atoms with E-state index in [1.54, 1.807) is 0 Å². The number of hydrogen-bond donors (Lipinski definition) is 3. The van der Waals surface area contributed by atoms with Crippen LogP contribution in [0.5, 0.6) is 0 Å². The van der Waals surface area contributed by atoms with Crippen molar-refractivity contribution in [1.29, 1.82) is 0 Å². The van der Waals surface area contributed by atoms with Crippen LogP contribution in [0.25, 0.3) is 0 Å². The Labute approximate surface area is 562 Å². The number of carbonyl (C=O) groups is 4. The van der Waals surface area contributed by atoms with Crippen molar-refractivity contribution in [3.05, 3.63) is 0 Å². The van der Waals surface area contributed by atoms with Gasteiger partial charge in [-0.05, 0) is 43.4 Å². The van der Waals surface area contributed by atoms with Crippen molar-refractivity contribution in [2.24, 2.45) is 17.8 Å². The van der Waals surface area contributed by atoms with Gasteiger partial charge in [-0.25, -0.2) is 9.13 Å². The number of carbonyl (C=O) groups excluding carboxylic acids is 4. The Balaban J connectivity index is 5.20. The van der Waals surface area contributed by atoms with Gasteiger partial charge in [0.2, 0.25) is 0 Å². The van der Waals surface area contributed by atoms with E-state index in [0.717, 1.165) is 114 Å². The van der Waals surface area contributed by atoms with Gasteiger partial charge in [0.25, 0.3) is 0 Å². The smallest absolute Gasteiger partial charge is 0.462 e. The molecule has 0 saturated carbocycles. The number of rotatable bonds is 71. The second kappa shape index (κ2) is 63.8. The molecule has 0 spiro atoms. The molecule has 6 atom stereocenters. The van der Waals surface area contributed by atoms with Crippen LogP contribution in [0.3, 0.4) is 0 Å². The van der Waals surface area contributed by atoms with Crippen molar-refractivity contribution in [2.45, 2.75) is 388 Å². The Morgan fingerprint density at radius 1 is 0.315 bits per heavy atom. The van der Waals surface area contributed by atoms with E-state index < -0.39 is 97.5 Å². The van der Waals surface area contributed by atoms with Gasteiger partial charge in [0.1, 0.15) is 19.3 Å². The van der Waals surface area contributed by atoms with E-state index in [1.807, 2.05) is 0 Å². The topological polar surface area (TPSA) is 237 Å². The zero-order valence-corrected chi connectivity index (χ0v) is 61.8. The number of hydrogen-bond acceptors (Lipinski definition) is 15. The van der Waals surface area contributed by atoms with Crippen LogP contribution >= 0.6 is 15.6 Å². The van der Waals surface area contributed by atoms with E-state index in [-0.39, 0.29) is 25.7 Å². The summed E-state index contributed by atoms with van der Waals surface area (Å²) in [5, 5.41) is 10.6. The van der Waals surface area contributed by atoms with Crippen molar-refractivity contribution >= 4 is 39.5 Å². The standard InChI is InChI=1S/C73H142O17P2/c1-8-10-11-12-13-32-40-47-54-70(75)83-61-69(90-73(78)57-50-43-36-35-39-46-53-66(7)9-2)63-88-92(81,82)86-59-67(74)58-85-91(79,80)87-62-68(60-84-71(76)55-48-41-33-28-24-21-20-23-27-31-38-45-52-65(5)6)89-72(77)56-49-42-34-29-25-19-17-15-14-16-18-22-26-30-37-44-51-64(3)4/h64-69,74H,8-63H2,1-7H3,(H,79,80)(H,81,82)/t66?,67-,68-,69-/m1/s1. The summed E-state index contributed by atoms with van der Waals surface area (Å²) in [6, 6.07) is 0. The fraction of sp³-hybridized carbons (Fsp3) is 0.945. The second-order valence-electron chi connectivity index (χ2n) is 27.5. The lowest BCUT2D eigenvalue weighted by atomic mass is 10.00. The predicted molar refractivity (Wildman–Crippen MR) is 372 cm³/mol. The van der Waals surface area contributed by atoms with Gasteiger partial charge in [-0.3, -0.25) is 37.3 Å². The van der Waals surface area contributed by atoms with Crippen LogP contribution in [-0.2, 0) is 65.4 Å². The van der Waals surface area contributed by atoms with E-state index in [4.69, 9.17) is 37.0 Å². The highest BCUT2D eigenvalue weighted by Crippen LogP contribution is 2.45. The minimum Gasteiger partial charge on any atom is -0.462 e. The normalized spacial score (nSPS) is 14.4. The molecule has 0 aromatic heterocycles. The van der Waals surface area contributed by atoms with Gasteiger partial charge in [-0.15, -0.1) is 0 Å². The summed E-state index contributed by atoms with van der Waals surface area (Å²) in [7, 11) is -9.90. The molecule has 17 nitrogen and oxygen atoms in total. The maximum atomic E-state index is 13.1. The molecule has 0 rings (SSSR count). The van der Waals surface area contributed by atoms with Crippen LogP contribution < -0.4 is 0 Å². The lowest BCUT2D eigenvalue weighted by Crippen LogP contribution is -2.30. The molecular formula is C73H142O17P2. The molecular weight excluding hydrogens is 1210 g/mol. The number of aliphatic hydroxyl groups excluding tert-OH is 1. The van der Waals surface area contributed by atoms with Gasteiger partial charge in [0, 0.05) is 25.7 Å². The fourth-order valence-corrected chi connectivity index (χ4v) is 12.6. The highest BCUT2D eigenvalue weighted by molar-refractivity contribution is 7.47. The average molecular weight is 1350 g/mol. The van der Waals surface area contributed by atoms with Crippen LogP contribution in [0.2, 0.25) is 0 Å². The summed E-state index contributed by atoms with van der Waals surface area (Å²) in [6.07, 6.45) is 48.7. The molecule has 0 aliphatic rings. The lowest BCUT2D eigenvalue weighted by molar-refractivity contribution is -0.161. The highest BCUT2D eigenvalue weighted by atomic mass is 31.2. The van der Waals surface area contributed by atoms with Crippen molar-refractivity contribution in [2.75, 3.05) is 39.6 Å². The molecule has 0 heterocycles. The Kier molecular flexibility index (Phi) is 62.4. The molecule has 3 N–H and O–H groups in total. The first-order valence-electron chi connectivity index (χ1n) is 37.9. The number of phosphoric ester groups is 2. The zero-order valence-electron chi connectivity index (χ0n) is 60.0. The summed E-state index contributed by atoms with van der Waals surface area (Å²) in [5.74, 6) is 0.184. The van der Waals surface area contributed by atoms with E-state index in [2.05, 4.69) is 48.5 Å². The molecule has 0 aliphatic carbocycles. The van der Waals surface area contributed by atoms with Gasteiger partial charge in [0.05, 0.1) is 26.4 Å². The summed E-state index contributed by atoms with van der Waals surface area (Å²) < 4.78 is 68.3. The van der Waals surface area contributed by atoms with Crippen molar-refractivity contribution < 1.29 is 80.2 Å². The van der Waals surface area contributed by atoms with E-state index in [9.17, 15) is 43.2 Å². The summed E-state index contributed by atoms with van der Waals surface area (Å²) in [5.41, 5.74) is 0. The SMILES string of the molecule is CCCCCCCCCCC(=O)OC[C@H](COP(=O)(O)OC[C@H](O)COP(=O)(O)OC[C@@H](COC(=O)CCCCCCCCCCCCCCC(C)C)OC(=O)CCCCCCCCCCCCCCCCCCC(C)C)OC(=O)CCCCCCCCC(C)CC. The molecule has 0 bridgehead atoms. The molecule has 92 heavy (non-hydrogen) atoms. The molecule has 19 heteroatoms. The Hall–Kier alpha value is -1.94. The summed E-state index contributed by atoms with van der Waals surface area (Å²) >= 11 is 0.